The van der Waals surface area contributed by atoms with E-state index >= 15 is 0 Å². The minimum absolute atomic E-state index is 0.117. The van der Waals surface area contributed by atoms with E-state index in [9.17, 15) is 5.11 Å². The van der Waals surface area contributed by atoms with Gasteiger partial charge in [-0.15, -0.1) is 0 Å². The molecule has 5 heteroatoms. The van der Waals surface area contributed by atoms with Gasteiger partial charge in [0.25, 0.3) is 0 Å². The number of unbranched alkanes of at least 4 members (excludes halogenated alkanes) is 2. The summed E-state index contributed by atoms with van der Waals surface area (Å²) >= 11 is 0. The molecule has 0 aromatic rings. The lowest BCUT2D eigenvalue weighted by atomic mass is 10.1. The zero-order valence-corrected chi connectivity index (χ0v) is 9.01. The summed E-state index contributed by atoms with van der Waals surface area (Å²) in [5, 5.41) is 35.6. The molecule has 0 aliphatic heterocycles. The summed E-state index contributed by atoms with van der Waals surface area (Å²) < 4.78 is 5.06. The number of hydrogen-bond donors (Lipinski definition) is 4. The van der Waals surface area contributed by atoms with E-state index in [2.05, 4.69) is 0 Å². The van der Waals surface area contributed by atoms with Crippen LogP contribution >= 0.6 is 0 Å². The monoisotopic (exact) mass is 222 g/mol. The number of hydrogen-bond acceptors (Lipinski definition) is 5. The van der Waals surface area contributed by atoms with Crippen molar-refractivity contribution in [1.82, 2.24) is 0 Å². The first kappa shape index (κ1) is 14.8. The van der Waals surface area contributed by atoms with Crippen molar-refractivity contribution < 1.29 is 25.2 Å². The highest BCUT2D eigenvalue weighted by atomic mass is 16.5. The topological polar surface area (TPSA) is 90.2 Å². The quantitative estimate of drug-likeness (QED) is 0.366. The van der Waals surface area contributed by atoms with Crippen LogP contribution in [0.25, 0.3) is 0 Å². The Kier molecular flexibility index (Phi) is 10.2. The average Bonchev–Trinajstić information content (AvgIpc) is 2.25. The van der Waals surface area contributed by atoms with E-state index < -0.39 is 12.2 Å². The first-order valence-corrected chi connectivity index (χ1v) is 5.38. The van der Waals surface area contributed by atoms with Crippen molar-refractivity contribution in [3.8, 4) is 0 Å². The smallest absolute Gasteiger partial charge is 0.106 e. The molecule has 0 spiro atoms. The third-order valence-corrected chi connectivity index (χ3v) is 2.19. The second-order valence-electron chi connectivity index (χ2n) is 3.46. The molecule has 0 amide bonds. The van der Waals surface area contributed by atoms with Gasteiger partial charge in [0.2, 0.25) is 0 Å². The normalized spacial score (nSPS) is 15.2. The Morgan fingerprint density at radius 1 is 0.933 bits per heavy atom. The molecule has 0 radical (unpaired) electrons. The van der Waals surface area contributed by atoms with Crippen LogP contribution in [0.4, 0.5) is 0 Å². The predicted molar refractivity (Wildman–Crippen MR) is 55.5 cm³/mol. The fourth-order valence-electron chi connectivity index (χ4n) is 1.32. The Balaban J connectivity index is 3.58. The summed E-state index contributed by atoms with van der Waals surface area (Å²) in [4.78, 5) is 0. The Bertz CT molecular complexity index is 131. The Morgan fingerprint density at radius 2 is 1.67 bits per heavy atom. The molecule has 92 valence electrons. The number of aliphatic hydroxyl groups excluding tert-OH is 4. The van der Waals surface area contributed by atoms with E-state index in [-0.39, 0.29) is 26.4 Å². The standard InChI is InChI=1S/C10H22O5/c11-5-3-1-2-4-9(14)10(8-13)15-7-6-12/h9-14H,1-8H2. The lowest BCUT2D eigenvalue weighted by Gasteiger charge is -2.20. The fourth-order valence-corrected chi connectivity index (χ4v) is 1.32. The maximum Gasteiger partial charge on any atom is 0.106 e. The molecule has 0 saturated carbocycles. The third-order valence-electron chi connectivity index (χ3n) is 2.19. The maximum absolute atomic E-state index is 9.61. The molecule has 0 saturated heterocycles. The van der Waals surface area contributed by atoms with Gasteiger partial charge in [0.05, 0.1) is 25.9 Å². The third kappa shape index (κ3) is 7.70. The summed E-state index contributed by atoms with van der Waals surface area (Å²) in [6.45, 7) is -0.0750. The van der Waals surface area contributed by atoms with Crippen molar-refractivity contribution >= 4 is 0 Å². The van der Waals surface area contributed by atoms with Crippen molar-refractivity contribution in [1.29, 1.82) is 0 Å². The van der Waals surface area contributed by atoms with Crippen molar-refractivity contribution in [2.24, 2.45) is 0 Å². The highest BCUT2D eigenvalue weighted by molar-refractivity contribution is 4.68. The maximum atomic E-state index is 9.61. The van der Waals surface area contributed by atoms with Crippen molar-refractivity contribution in [2.75, 3.05) is 26.4 Å². The molecule has 0 aliphatic rings. The van der Waals surface area contributed by atoms with E-state index in [1.54, 1.807) is 0 Å². The van der Waals surface area contributed by atoms with Crippen molar-refractivity contribution in [3.63, 3.8) is 0 Å². The molecule has 0 bridgehead atoms. The zero-order valence-electron chi connectivity index (χ0n) is 9.01. The van der Waals surface area contributed by atoms with Gasteiger partial charge in [-0.3, -0.25) is 0 Å². The first-order chi connectivity index (χ1) is 7.26. The van der Waals surface area contributed by atoms with Crippen LogP contribution in [-0.2, 0) is 4.74 Å². The molecule has 2 atom stereocenters. The summed E-state index contributed by atoms with van der Waals surface area (Å²) in [5.41, 5.74) is 0. The Hall–Kier alpha value is -0.200. The van der Waals surface area contributed by atoms with Gasteiger partial charge in [0.15, 0.2) is 0 Å². The van der Waals surface area contributed by atoms with Gasteiger partial charge in [-0.25, -0.2) is 0 Å². The molecule has 0 aromatic carbocycles. The molecular weight excluding hydrogens is 200 g/mol. The molecule has 5 nitrogen and oxygen atoms in total. The van der Waals surface area contributed by atoms with Gasteiger partial charge in [0.1, 0.15) is 6.10 Å². The van der Waals surface area contributed by atoms with Crippen LogP contribution in [-0.4, -0.2) is 59.1 Å². The molecule has 0 aromatic heterocycles. The van der Waals surface area contributed by atoms with E-state index in [0.717, 1.165) is 19.3 Å². The van der Waals surface area contributed by atoms with Gasteiger partial charge in [-0.1, -0.05) is 12.8 Å². The molecule has 15 heavy (non-hydrogen) atoms. The van der Waals surface area contributed by atoms with Gasteiger partial charge in [-0.05, 0) is 12.8 Å². The van der Waals surface area contributed by atoms with Crippen molar-refractivity contribution in [3.05, 3.63) is 0 Å². The molecule has 0 heterocycles. The van der Waals surface area contributed by atoms with Crippen LogP contribution in [0.1, 0.15) is 25.7 Å². The fraction of sp³-hybridized carbons (Fsp3) is 1.00. The number of rotatable bonds is 10. The summed E-state index contributed by atoms with van der Waals surface area (Å²) in [6.07, 6.45) is 1.59. The van der Waals surface area contributed by atoms with Crippen LogP contribution in [0.5, 0.6) is 0 Å². The van der Waals surface area contributed by atoms with Gasteiger partial charge in [0, 0.05) is 6.61 Å². The number of aliphatic hydroxyl groups is 4. The zero-order chi connectivity index (χ0) is 11.5. The molecule has 0 fully saturated rings. The lowest BCUT2D eigenvalue weighted by molar-refractivity contribution is -0.0737. The largest absolute Gasteiger partial charge is 0.396 e. The Morgan fingerprint density at radius 3 is 2.20 bits per heavy atom. The molecule has 4 N–H and O–H groups in total. The second-order valence-corrected chi connectivity index (χ2v) is 3.46. The van der Waals surface area contributed by atoms with Crippen LogP contribution in [0.15, 0.2) is 0 Å². The summed E-state index contributed by atoms with van der Waals surface area (Å²) in [5.74, 6) is 0. The van der Waals surface area contributed by atoms with Gasteiger partial charge < -0.3 is 25.2 Å². The van der Waals surface area contributed by atoms with E-state index in [0.29, 0.717) is 6.42 Å². The molecule has 2 unspecified atom stereocenters. The number of ether oxygens (including phenoxy) is 1. The molecule has 0 rings (SSSR count). The minimum Gasteiger partial charge on any atom is -0.396 e. The van der Waals surface area contributed by atoms with Crippen LogP contribution in [0, 0.1) is 0 Å². The molecule has 0 aliphatic carbocycles. The van der Waals surface area contributed by atoms with E-state index in [1.165, 1.54) is 0 Å². The highest BCUT2D eigenvalue weighted by Crippen LogP contribution is 2.09. The Labute approximate surface area is 90.3 Å². The lowest BCUT2D eigenvalue weighted by Crippen LogP contribution is -2.33. The van der Waals surface area contributed by atoms with Crippen LogP contribution in [0.3, 0.4) is 0 Å². The highest BCUT2D eigenvalue weighted by Gasteiger charge is 2.18. The first-order valence-electron chi connectivity index (χ1n) is 5.38. The van der Waals surface area contributed by atoms with Crippen LogP contribution < -0.4 is 0 Å². The second kappa shape index (κ2) is 10.3. The van der Waals surface area contributed by atoms with Gasteiger partial charge >= 0.3 is 0 Å². The minimum atomic E-state index is -0.708. The van der Waals surface area contributed by atoms with Crippen molar-refractivity contribution in [2.45, 2.75) is 37.9 Å². The van der Waals surface area contributed by atoms with Crippen LogP contribution in [0.2, 0.25) is 0 Å². The van der Waals surface area contributed by atoms with Gasteiger partial charge in [-0.2, -0.15) is 0 Å². The van der Waals surface area contributed by atoms with E-state index in [1.807, 2.05) is 0 Å². The molecular formula is C10H22O5. The SMILES string of the molecule is OCCCCCC(O)C(CO)OCCO. The predicted octanol–water partition coefficient (Wildman–Crippen LogP) is -0.730. The van der Waals surface area contributed by atoms with E-state index in [4.69, 9.17) is 20.1 Å². The average molecular weight is 222 g/mol. The summed E-state index contributed by atoms with van der Waals surface area (Å²) in [7, 11) is 0. The summed E-state index contributed by atoms with van der Waals surface area (Å²) in [6, 6.07) is 0.